The third-order valence-corrected chi connectivity index (χ3v) is 4.17. The molecule has 23 heavy (non-hydrogen) atoms. The van der Waals surface area contributed by atoms with Gasteiger partial charge in [0.1, 0.15) is 0 Å². The third-order valence-electron chi connectivity index (χ3n) is 4.17. The first-order valence-electron chi connectivity index (χ1n) is 7.98. The molecule has 1 saturated heterocycles. The molecule has 0 aromatic heterocycles. The van der Waals surface area contributed by atoms with Crippen LogP contribution in [0.15, 0.2) is 54.6 Å². The summed E-state index contributed by atoms with van der Waals surface area (Å²) in [6.45, 7) is 2.26. The Balaban J connectivity index is 1.88. The molecular formula is C20H21NO2. The SMILES string of the molecule is COC(=O)C(=Cc1ccc(N2CCCC2)cc1)c1ccccc1. The highest BCUT2D eigenvalue weighted by Gasteiger charge is 2.13. The van der Waals surface area contributed by atoms with Crippen LogP contribution < -0.4 is 4.90 Å². The normalized spacial score (nSPS) is 14.8. The van der Waals surface area contributed by atoms with Gasteiger partial charge in [0, 0.05) is 18.8 Å². The molecule has 0 amide bonds. The van der Waals surface area contributed by atoms with Crippen molar-refractivity contribution in [3.05, 3.63) is 65.7 Å². The van der Waals surface area contributed by atoms with Crippen molar-refractivity contribution in [2.75, 3.05) is 25.1 Å². The van der Waals surface area contributed by atoms with Crippen molar-refractivity contribution in [3.63, 3.8) is 0 Å². The van der Waals surface area contributed by atoms with Crippen molar-refractivity contribution < 1.29 is 9.53 Å². The van der Waals surface area contributed by atoms with Gasteiger partial charge in [0.15, 0.2) is 0 Å². The van der Waals surface area contributed by atoms with E-state index in [1.165, 1.54) is 25.6 Å². The summed E-state index contributed by atoms with van der Waals surface area (Å²) < 4.78 is 4.93. The van der Waals surface area contributed by atoms with Crippen LogP contribution in [0.4, 0.5) is 5.69 Å². The van der Waals surface area contributed by atoms with E-state index in [0.717, 1.165) is 24.2 Å². The van der Waals surface area contributed by atoms with E-state index in [0.29, 0.717) is 5.57 Å². The summed E-state index contributed by atoms with van der Waals surface area (Å²) in [4.78, 5) is 14.5. The molecule has 3 heteroatoms. The maximum absolute atomic E-state index is 12.1. The lowest BCUT2D eigenvalue weighted by Crippen LogP contribution is -2.17. The van der Waals surface area contributed by atoms with Crippen molar-refractivity contribution in [3.8, 4) is 0 Å². The first-order chi connectivity index (χ1) is 11.3. The third kappa shape index (κ3) is 3.62. The largest absolute Gasteiger partial charge is 0.465 e. The second kappa shape index (κ2) is 7.14. The number of rotatable bonds is 4. The van der Waals surface area contributed by atoms with Crippen LogP contribution in [0, 0.1) is 0 Å². The molecule has 0 N–H and O–H groups in total. The number of nitrogens with zero attached hydrogens (tertiary/aromatic N) is 1. The van der Waals surface area contributed by atoms with Crippen molar-refractivity contribution >= 4 is 23.3 Å². The smallest absolute Gasteiger partial charge is 0.338 e. The zero-order valence-electron chi connectivity index (χ0n) is 13.4. The summed E-state index contributed by atoms with van der Waals surface area (Å²) in [6, 6.07) is 18.0. The predicted octanol–water partition coefficient (Wildman–Crippen LogP) is 4.00. The van der Waals surface area contributed by atoms with Crippen LogP contribution in [-0.2, 0) is 9.53 Å². The molecule has 3 rings (SSSR count). The number of benzene rings is 2. The van der Waals surface area contributed by atoms with Crippen LogP contribution in [0.3, 0.4) is 0 Å². The Bertz CT molecular complexity index is 683. The quantitative estimate of drug-likeness (QED) is 0.486. The number of anilines is 1. The minimum Gasteiger partial charge on any atom is -0.465 e. The molecule has 0 atom stereocenters. The number of carbonyl (C=O) groups is 1. The molecule has 0 radical (unpaired) electrons. The summed E-state index contributed by atoms with van der Waals surface area (Å²) in [7, 11) is 1.41. The molecule has 0 saturated carbocycles. The Labute approximate surface area is 137 Å². The first kappa shape index (κ1) is 15.3. The van der Waals surface area contributed by atoms with Gasteiger partial charge in [-0.25, -0.2) is 4.79 Å². The summed E-state index contributed by atoms with van der Waals surface area (Å²) in [5.41, 5.74) is 3.68. The van der Waals surface area contributed by atoms with Crippen molar-refractivity contribution in [2.24, 2.45) is 0 Å². The minimum atomic E-state index is -0.320. The standard InChI is InChI=1S/C20H21NO2/c1-23-20(22)19(17-7-3-2-4-8-17)15-16-9-11-18(12-10-16)21-13-5-6-14-21/h2-4,7-12,15H,5-6,13-14H2,1H3. The van der Waals surface area contributed by atoms with Gasteiger partial charge >= 0.3 is 5.97 Å². The maximum atomic E-state index is 12.1. The number of ether oxygens (including phenoxy) is 1. The summed E-state index contributed by atoms with van der Waals surface area (Å²) in [5, 5.41) is 0. The second-order valence-corrected chi connectivity index (χ2v) is 5.70. The predicted molar refractivity (Wildman–Crippen MR) is 94.2 cm³/mol. The lowest BCUT2D eigenvalue weighted by molar-refractivity contribution is -0.133. The zero-order chi connectivity index (χ0) is 16.1. The average Bonchev–Trinajstić information content (AvgIpc) is 3.15. The van der Waals surface area contributed by atoms with E-state index in [4.69, 9.17) is 4.74 Å². The van der Waals surface area contributed by atoms with Gasteiger partial charge in [-0.3, -0.25) is 0 Å². The van der Waals surface area contributed by atoms with Gasteiger partial charge in [-0.1, -0.05) is 42.5 Å². The number of methoxy groups -OCH3 is 1. The first-order valence-corrected chi connectivity index (χ1v) is 7.98. The van der Waals surface area contributed by atoms with Crippen LogP contribution in [0.25, 0.3) is 11.6 Å². The number of carbonyl (C=O) groups excluding carboxylic acids is 1. The molecule has 1 aliphatic rings. The number of hydrogen-bond acceptors (Lipinski definition) is 3. The summed E-state index contributed by atoms with van der Waals surface area (Å²) >= 11 is 0. The number of hydrogen-bond donors (Lipinski definition) is 0. The fourth-order valence-corrected chi connectivity index (χ4v) is 2.91. The van der Waals surface area contributed by atoms with E-state index in [-0.39, 0.29) is 5.97 Å². The monoisotopic (exact) mass is 307 g/mol. The highest BCUT2D eigenvalue weighted by atomic mass is 16.5. The minimum absolute atomic E-state index is 0.320. The van der Waals surface area contributed by atoms with Crippen molar-refractivity contribution in [2.45, 2.75) is 12.8 Å². The Morgan fingerprint density at radius 1 is 1.00 bits per heavy atom. The van der Waals surface area contributed by atoms with E-state index in [1.807, 2.05) is 36.4 Å². The molecule has 0 spiro atoms. The highest BCUT2D eigenvalue weighted by Crippen LogP contribution is 2.23. The average molecular weight is 307 g/mol. The molecule has 1 heterocycles. The van der Waals surface area contributed by atoms with E-state index in [1.54, 1.807) is 0 Å². The van der Waals surface area contributed by atoms with Crippen LogP contribution in [-0.4, -0.2) is 26.2 Å². The van der Waals surface area contributed by atoms with E-state index in [2.05, 4.69) is 29.2 Å². The maximum Gasteiger partial charge on any atom is 0.338 e. The van der Waals surface area contributed by atoms with E-state index < -0.39 is 0 Å². The van der Waals surface area contributed by atoms with Gasteiger partial charge in [0.25, 0.3) is 0 Å². The summed E-state index contributed by atoms with van der Waals surface area (Å²) in [6.07, 6.45) is 4.42. The summed E-state index contributed by atoms with van der Waals surface area (Å²) in [5.74, 6) is -0.320. The van der Waals surface area contributed by atoms with Gasteiger partial charge < -0.3 is 9.64 Å². The lowest BCUT2D eigenvalue weighted by Gasteiger charge is -2.17. The topological polar surface area (TPSA) is 29.5 Å². The van der Waals surface area contributed by atoms with Gasteiger partial charge in [-0.15, -0.1) is 0 Å². The van der Waals surface area contributed by atoms with Gasteiger partial charge in [-0.2, -0.15) is 0 Å². The van der Waals surface area contributed by atoms with Gasteiger partial charge in [-0.05, 0) is 42.2 Å². The Morgan fingerprint density at radius 2 is 1.65 bits per heavy atom. The highest BCUT2D eigenvalue weighted by molar-refractivity contribution is 6.21. The molecule has 0 bridgehead atoms. The molecule has 1 aliphatic heterocycles. The van der Waals surface area contributed by atoms with E-state index >= 15 is 0 Å². The van der Waals surface area contributed by atoms with Crippen molar-refractivity contribution in [1.82, 2.24) is 0 Å². The Morgan fingerprint density at radius 3 is 2.26 bits per heavy atom. The van der Waals surface area contributed by atoms with Crippen LogP contribution in [0.1, 0.15) is 24.0 Å². The van der Waals surface area contributed by atoms with Crippen molar-refractivity contribution in [1.29, 1.82) is 0 Å². The van der Waals surface area contributed by atoms with Gasteiger partial charge in [0.2, 0.25) is 0 Å². The van der Waals surface area contributed by atoms with Gasteiger partial charge in [0.05, 0.1) is 12.7 Å². The van der Waals surface area contributed by atoms with E-state index in [9.17, 15) is 4.79 Å². The fourth-order valence-electron chi connectivity index (χ4n) is 2.91. The molecule has 2 aromatic rings. The molecule has 0 unspecified atom stereocenters. The molecule has 118 valence electrons. The molecule has 3 nitrogen and oxygen atoms in total. The second-order valence-electron chi connectivity index (χ2n) is 5.70. The Hall–Kier alpha value is -2.55. The molecular weight excluding hydrogens is 286 g/mol. The zero-order valence-corrected chi connectivity index (χ0v) is 13.4. The molecule has 0 aliphatic carbocycles. The number of esters is 1. The molecule has 2 aromatic carbocycles. The van der Waals surface area contributed by atoms with Crippen LogP contribution >= 0.6 is 0 Å². The van der Waals surface area contributed by atoms with Crippen LogP contribution in [0.2, 0.25) is 0 Å². The molecule has 1 fully saturated rings. The lowest BCUT2D eigenvalue weighted by atomic mass is 10.0. The fraction of sp³-hybridized carbons (Fsp3) is 0.250. The van der Waals surface area contributed by atoms with Crippen LogP contribution in [0.5, 0.6) is 0 Å². The Kier molecular flexibility index (Phi) is 4.77.